The molecule has 0 heterocycles. The first kappa shape index (κ1) is 21.4. The molecule has 0 atom stereocenters. The molecule has 0 radical (unpaired) electrons. The Balaban J connectivity index is 2.09. The molecule has 156 valence electrons. The molecule has 0 aliphatic rings. The van der Waals surface area contributed by atoms with Crippen molar-refractivity contribution in [1.82, 2.24) is 0 Å². The number of hydrogen-bond donors (Lipinski definition) is 0. The zero-order chi connectivity index (χ0) is 21.8. The van der Waals surface area contributed by atoms with E-state index in [-0.39, 0.29) is 23.3 Å². The second-order valence-corrected chi connectivity index (χ2v) is 6.21. The Morgan fingerprint density at radius 3 is 2.23 bits per heavy atom. The maximum Gasteiger partial charge on any atom is 0.175 e. The largest absolute Gasteiger partial charge is 0.494 e. The Morgan fingerprint density at radius 2 is 1.60 bits per heavy atom. The van der Waals surface area contributed by atoms with E-state index in [9.17, 15) is 22.0 Å². The third-order valence-corrected chi connectivity index (χ3v) is 4.29. The Hall–Kier alpha value is -3.35. The number of hydrogen-bond acceptors (Lipinski definition) is 2. The van der Waals surface area contributed by atoms with E-state index in [1.54, 1.807) is 6.92 Å². The molecular weight excluding hydrogens is 403 g/mol. The fraction of sp³-hybridized carbons (Fsp3) is 0.130. The average Bonchev–Trinajstić information content (AvgIpc) is 2.75. The van der Waals surface area contributed by atoms with Gasteiger partial charge in [0.1, 0.15) is 12.4 Å². The van der Waals surface area contributed by atoms with Crippen molar-refractivity contribution in [3.05, 3.63) is 83.7 Å². The van der Waals surface area contributed by atoms with E-state index >= 15 is 0 Å². The van der Waals surface area contributed by atoms with E-state index < -0.39 is 40.1 Å². The molecule has 0 aliphatic carbocycles. The molecule has 0 fully saturated rings. The molecule has 0 saturated carbocycles. The number of ether oxygens (including phenoxy) is 2. The van der Waals surface area contributed by atoms with Gasteiger partial charge in [0, 0.05) is 5.56 Å². The highest BCUT2D eigenvalue weighted by atomic mass is 19.2. The minimum atomic E-state index is -1.71. The summed E-state index contributed by atoms with van der Waals surface area (Å²) in [5, 5.41) is -0.867. The van der Waals surface area contributed by atoms with Gasteiger partial charge in [-0.3, -0.25) is 0 Å². The molecule has 0 unspecified atom stereocenters. The van der Waals surface area contributed by atoms with Crippen molar-refractivity contribution < 1.29 is 31.4 Å². The lowest BCUT2D eigenvalue weighted by molar-refractivity contribution is 0.340. The van der Waals surface area contributed by atoms with Crippen molar-refractivity contribution in [2.75, 3.05) is 13.2 Å². The summed E-state index contributed by atoms with van der Waals surface area (Å²) in [5.41, 5.74) is -1.14. The molecular formula is C23H17F5O2. The van der Waals surface area contributed by atoms with Crippen LogP contribution in [0.3, 0.4) is 0 Å². The van der Waals surface area contributed by atoms with Crippen LogP contribution < -0.4 is 9.47 Å². The summed E-state index contributed by atoms with van der Waals surface area (Å²) in [7, 11) is 0. The van der Waals surface area contributed by atoms with Gasteiger partial charge >= 0.3 is 0 Å². The van der Waals surface area contributed by atoms with Gasteiger partial charge in [0.05, 0.1) is 17.6 Å². The van der Waals surface area contributed by atoms with E-state index in [4.69, 9.17) is 9.47 Å². The van der Waals surface area contributed by atoms with Gasteiger partial charge in [-0.05, 0) is 48.7 Å². The Labute approximate surface area is 169 Å². The lowest BCUT2D eigenvalue weighted by Gasteiger charge is -2.11. The Bertz CT molecular complexity index is 1120. The van der Waals surface area contributed by atoms with Crippen molar-refractivity contribution in [2.45, 2.75) is 6.92 Å². The SMILES string of the molecule is C=CCOc1ccc2cc(C(F)=C(F)c3ccc(OCC)cc3)c(F)c(F)c2c1F. The summed E-state index contributed by atoms with van der Waals surface area (Å²) in [6, 6.07) is 8.60. The molecule has 2 nitrogen and oxygen atoms in total. The molecule has 0 saturated heterocycles. The highest BCUT2D eigenvalue weighted by Gasteiger charge is 2.23. The van der Waals surface area contributed by atoms with E-state index in [2.05, 4.69) is 6.58 Å². The van der Waals surface area contributed by atoms with Crippen molar-refractivity contribution in [2.24, 2.45) is 0 Å². The van der Waals surface area contributed by atoms with Crippen molar-refractivity contribution >= 4 is 22.4 Å². The fourth-order valence-electron chi connectivity index (χ4n) is 2.89. The van der Waals surface area contributed by atoms with Crippen LogP contribution in [-0.4, -0.2) is 13.2 Å². The van der Waals surface area contributed by atoms with Crippen LogP contribution in [0.15, 0.2) is 55.1 Å². The first-order chi connectivity index (χ1) is 14.4. The maximum absolute atomic E-state index is 14.7. The van der Waals surface area contributed by atoms with Crippen LogP contribution in [0.25, 0.3) is 22.4 Å². The van der Waals surface area contributed by atoms with Gasteiger partial charge < -0.3 is 9.47 Å². The molecule has 3 aromatic carbocycles. The molecule has 7 heteroatoms. The third kappa shape index (κ3) is 4.01. The molecule has 0 aliphatic heterocycles. The number of benzene rings is 3. The second-order valence-electron chi connectivity index (χ2n) is 6.21. The summed E-state index contributed by atoms with van der Waals surface area (Å²) in [6.07, 6.45) is 1.35. The predicted octanol–water partition coefficient (Wildman–Crippen LogP) is 6.99. The molecule has 0 N–H and O–H groups in total. The van der Waals surface area contributed by atoms with E-state index in [0.29, 0.717) is 12.4 Å². The predicted molar refractivity (Wildman–Crippen MR) is 106 cm³/mol. The van der Waals surface area contributed by atoms with Gasteiger partial charge in [-0.1, -0.05) is 18.7 Å². The Morgan fingerprint density at radius 1 is 0.900 bits per heavy atom. The van der Waals surface area contributed by atoms with Crippen molar-refractivity contribution in [3.8, 4) is 11.5 Å². The van der Waals surface area contributed by atoms with Crippen LogP contribution in [0.1, 0.15) is 18.1 Å². The number of fused-ring (bicyclic) bond motifs is 1. The van der Waals surface area contributed by atoms with Crippen LogP contribution in [0.4, 0.5) is 22.0 Å². The minimum absolute atomic E-state index is 0.0464. The summed E-state index contributed by atoms with van der Waals surface area (Å²) < 4.78 is 83.2. The summed E-state index contributed by atoms with van der Waals surface area (Å²) in [6.45, 7) is 5.53. The summed E-state index contributed by atoms with van der Waals surface area (Å²) in [5.74, 6) is -7.35. The van der Waals surface area contributed by atoms with Crippen LogP contribution >= 0.6 is 0 Å². The molecule has 3 aromatic rings. The van der Waals surface area contributed by atoms with E-state index in [0.717, 1.165) is 6.07 Å². The van der Waals surface area contributed by atoms with Crippen LogP contribution in [0.2, 0.25) is 0 Å². The highest BCUT2D eigenvalue weighted by molar-refractivity contribution is 5.91. The molecule has 30 heavy (non-hydrogen) atoms. The smallest absolute Gasteiger partial charge is 0.175 e. The van der Waals surface area contributed by atoms with Gasteiger partial charge in [-0.15, -0.1) is 0 Å². The van der Waals surface area contributed by atoms with Crippen LogP contribution in [0.5, 0.6) is 11.5 Å². The van der Waals surface area contributed by atoms with Gasteiger partial charge in [0.2, 0.25) is 0 Å². The molecule has 0 aromatic heterocycles. The fourth-order valence-corrected chi connectivity index (χ4v) is 2.89. The lowest BCUT2D eigenvalue weighted by atomic mass is 10.0. The molecule has 0 spiro atoms. The third-order valence-electron chi connectivity index (χ3n) is 4.29. The van der Waals surface area contributed by atoms with Crippen LogP contribution in [0, 0.1) is 17.5 Å². The zero-order valence-electron chi connectivity index (χ0n) is 15.9. The summed E-state index contributed by atoms with van der Waals surface area (Å²) in [4.78, 5) is 0. The minimum Gasteiger partial charge on any atom is -0.494 e. The Kier molecular flexibility index (Phi) is 6.40. The standard InChI is InChI=1S/C23H17F5O2/c1-3-11-30-17-10-7-14-12-16(21(26)23(28)18(14)22(17)27)20(25)19(24)13-5-8-15(9-6-13)29-4-2/h3,5-10,12H,1,4,11H2,2H3. The van der Waals surface area contributed by atoms with Gasteiger partial charge in [0.15, 0.2) is 34.9 Å². The first-order valence-electron chi connectivity index (χ1n) is 9.01. The molecule has 3 rings (SSSR count). The molecule has 0 amide bonds. The van der Waals surface area contributed by atoms with E-state index in [1.807, 2.05) is 0 Å². The van der Waals surface area contributed by atoms with Gasteiger partial charge in [0.25, 0.3) is 0 Å². The highest BCUT2D eigenvalue weighted by Crippen LogP contribution is 2.37. The maximum atomic E-state index is 14.7. The lowest BCUT2D eigenvalue weighted by Crippen LogP contribution is -2.00. The van der Waals surface area contributed by atoms with E-state index in [1.165, 1.54) is 42.5 Å². The number of rotatable bonds is 7. The second kappa shape index (κ2) is 8.98. The monoisotopic (exact) mass is 420 g/mol. The van der Waals surface area contributed by atoms with Gasteiger partial charge in [-0.2, -0.15) is 0 Å². The first-order valence-corrected chi connectivity index (χ1v) is 9.01. The topological polar surface area (TPSA) is 18.5 Å². The normalized spacial score (nSPS) is 11.9. The summed E-state index contributed by atoms with van der Waals surface area (Å²) >= 11 is 0. The van der Waals surface area contributed by atoms with Crippen molar-refractivity contribution in [3.63, 3.8) is 0 Å². The quantitative estimate of drug-likeness (QED) is 0.233. The van der Waals surface area contributed by atoms with Crippen molar-refractivity contribution in [1.29, 1.82) is 0 Å². The van der Waals surface area contributed by atoms with Gasteiger partial charge in [-0.25, -0.2) is 22.0 Å². The number of halogens is 5. The van der Waals surface area contributed by atoms with Crippen LogP contribution in [-0.2, 0) is 0 Å². The average molecular weight is 420 g/mol. The molecule has 0 bridgehead atoms. The zero-order valence-corrected chi connectivity index (χ0v) is 15.9.